The van der Waals surface area contributed by atoms with Crippen LogP contribution in [0.1, 0.15) is 34.7 Å². The van der Waals surface area contributed by atoms with Gasteiger partial charge in [-0.2, -0.15) is 0 Å². The lowest BCUT2D eigenvalue weighted by molar-refractivity contribution is -0.134. The van der Waals surface area contributed by atoms with Crippen LogP contribution in [0.4, 0.5) is 0 Å². The molecule has 0 fully saturated rings. The van der Waals surface area contributed by atoms with Crippen molar-refractivity contribution in [2.45, 2.75) is 24.8 Å². The van der Waals surface area contributed by atoms with Crippen molar-refractivity contribution in [1.29, 1.82) is 0 Å². The van der Waals surface area contributed by atoms with Gasteiger partial charge in [0, 0.05) is 12.4 Å². The van der Waals surface area contributed by atoms with Crippen LogP contribution in [0.3, 0.4) is 0 Å². The number of nitrogens with one attached hydrogen (secondary N) is 1. The maximum absolute atomic E-state index is 12.9. The number of aromatic nitrogens is 2. The Morgan fingerprint density at radius 1 is 1.19 bits per heavy atom. The number of sulfone groups is 1. The van der Waals surface area contributed by atoms with Gasteiger partial charge in [-0.15, -0.1) is 0 Å². The van der Waals surface area contributed by atoms with Gasteiger partial charge in [0.05, 0.1) is 26.7 Å². The van der Waals surface area contributed by atoms with Crippen LogP contribution in [0.25, 0.3) is 11.0 Å². The number of fused-ring (bicyclic) bond motifs is 1. The van der Waals surface area contributed by atoms with Crippen molar-refractivity contribution >= 4 is 55.9 Å². The molecule has 1 atom stereocenters. The molecule has 164 valence electrons. The van der Waals surface area contributed by atoms with E-state index >= 15 is 0 Å². The summed E-state index contributed by atoms with van der Waals surface area (Å²) in [4.78, 5) is 27.9. The summed E-state index contributed by atoms with van der Waals surface area (Å²) in [5, 5.41) is 12.8. The molecule has 0 radical (unpaired) electrons. The van der Waals surface area contributed by atoms with E-state index in [2.05, 4.69) is 10.3 Å². The monoisotopic (exact) mass is 483 g/mol. The zero-order valence-electron chi connectivity index (χ0n) is 16.8. The van der Waals surface area contributed by atoms with Gasteiger partial charge in [-0.3, -0.25) is 9.59 Å². The smallest absolute Gasteiger partial charge is 0.319 e. The minimum absolute atomic E-state index is 0.0983. The molecule has 0 aliphatic rings. The maximum Gasteiger partial charge on any atom is 0.319 e. The van der Waals surface area contributed by atoms with Crippen molar-refractivity contribution in [3.63, 3.8) is 0 Å². The predicted octanol–water partition coefficient (Wildman–Crippen LogP) is 3.54. The molecule has 0 saturated heterocycles. The van der Waals surface area contributed by atoms with Crippen LogP contribution in [-0.2, 0) is 21.7 Å². The third kappa shape index (κ3) is 4.53. The summed E-state index contributed by atoms with van der Waals surface area (Å²) < 4.78 is 25.6. The quantitative estimate of drug-likeness (QED) is 0.553. The highest BCUT2D eigenvalue weighted by Gasteiger charge is 2.22. The number of carbonyl (C=O) groups excluding carboxylic acids is 1. The highest BCUT2D eigenvalue weighted by Crippen LogP contribution is 2.33. The van der Waals surface area contributed by atoms with E-state index in [-0.39, 0.29) is 10.8 Å². The Morgan fingerprint density at radius 2 is 1.81 bits per heavy atom. The van der Waals surface area contributed by atoms with Gasteiger partial charge >= 0.3 is 5.97 Å². The molecular formula is C20H19Cl2N3O5S. The maximum atomic E-state index is 12.9. The van der Waals surface area contributed by atoms with Crippen LogP contribution in [0, 0.1) is 6.92 Å². The number of halogens is 2. The average molecular weight is 484 g/mol. The molecule has 0 saturated carbocycles. The van der Waals surface area contributed by atoms with Crippen LogP contribution in [0.15, 0.2) is 35.2 Å². The second-order valence-electron chi connectivity index (χ2n) is 7.07. The van der Waals surface area contributed by atoms with E-state index in [0.29, 0.717) is 38.0 Å². The van der Waals surface area contributed by atoms with E-state index in [0.717, 1.165) is 0 Å². The van der Waals surface area contributed by atoms with Crippen LogP contribution < -0.4 is 5.32 Å². The second-order valence-corrected chi connectivity index (χ2v) is 9.81. The molecule has 3 aromatic rings. The zero-order valence-corrected chi connectivity index (χ0v) is 19.1. The first-order valence-electron chi connectivity index (χ1n) is 9.08. The molecular weight excluding hydrogens is 465 g/mol. The lowest BCUT2D eigenvalue weighted by atomic mass is 10.1. The number of pyridine rings is 1. The first-order chi connectivity index (χ1) is 14.4. The summed E-state index contributed by atoms with van der Waals surface area (Å²) in [6.45, 7) is 3.47. The van der Waals surface area contributed by atoms with Crippen molar-refractivity contribution in [2.24, 2.45) is 7.05 Å². The molecule has 0 aliphatic carbocycles. The van der Waals surface area contributed by atoms with Gasteiger partial charge in [0.1, 0.15) is 11.3 Å². The number of carboxylic acid groups (broad SMARTS) is 1. The fourth-order valence-corrected chi connectivity index (χ4v) is 4.62. The minimum Gasteiger partial charge on any atom is -0.480 e. The normalized spacial score (nSPS) is 12.7. The Labute approximate surface area is 188 Å². The summed E-state index contributed by atoms with van der Waals surface area (Å²) in [7, 11) is -2.22. The Kier molecular flexibility index (Phi) is 6.31. The second kappa shape index (κ2) is 8.49. The number of carboxylic acids is 1. The Morgan fingerprint density at radius 3 is 2.39 bits per heavy atom. The van der Waals surface area contributed by atoms with Gasteiger partial charge in [0.25, 0.3) is 5.91 Å². The third-order valence-corrected chi connectivity index (χ3v) is 7.42. The molecule has 1 unspecified atom stereocenters. The Bertz CT molecular complexity index is 1300. The molecule has 0 aliphatic heterocycles. The molecule has 3 rings (SSSR count). The predicted molar refractivity (Wildman–Crippen MR) is 117 cm³/mol. The van der Waals surface area contributed by atoms with E-state index in [9.17, 15) is 18.0 Å². The number of hydrogen-bond donors (Lipinski definition) is 2. The highest BCUT2D eigenvalue weighted by molar-refractivity contribution is 7.92. The van der Waals surface area contributed by atoms with E-state index in [1.807, 2.05) is 0 Å². The van der Waals surface area contributed by atoms with Gasteiger partial charge in [0.2, 0.25) is 0 Å². The molecule has 1 aromatic carbocycles. The zero-order chi connectivity index (χ0) is 23.1. The SMILES string of the molecule is Cc1nc2c(cc(C(=O)NC(C)c3ccc(S(=O)(=O)CC(=O)O)cc3)n2C)c(Cl)c1Cl. The fraction of sp³-hybridized carbons (Fsp3) is 0.250. The summed E-state index contributed by atoms with van der Waals surface area (Å²) in [6, 6.07) is 6.87. The van der Waals surface area contributed by atoms with E-state index in [1.54, 1.807) is 31.5 Å². The number of rotatable bonds is 6. The first-order valence-corrected chi connectivity index (χ1v) is 11.5. The molecule has 1 amide bonds. The topological polar surface area (TPSA) is 118 Å². The van der Waals surface area contributed by atoms with Crippen LogP contribution in [-0.4, -0.2) is 40.7 Å². The number of aliphatic carboxylic acids is 1. The van der Waals surface area contributed by atoms with Crippen LogP contribution in [0.5, 0.6) is 0 Å². The van der Waals surface area contributed by atoms with Crippen LogP contribution in [0.2, 0.25) is 10.0 Å². The highest BCUT2D eigenvalue weighted by atomic mass is 35.5. The Hall–Kier alpha value is -2.62. The van der Waals surface area contributed by atoms with Gasteiger partial charge in [-0.25, -0.2) is 13.4 Å². The average Bonchev–Trinajstić information content (AvgIpc) is 3.02. The summed E-state index contributed by atoms with van der Waals surface area (Å²) in [6.07, 6.45) is 0. The molecule has 0 bridgehead atoms. The van der Waals surface area contributed by atoms with Crippen molar-refractivity contribution in [1.82, 2.24) is 14.9 Å². The van der Waals surface area contributed by atoms with E-state index < -0.39 is 27.6 Å². The fourth-order valence-electron chi connectivity index (χ4n) is 3.16. The van der Waals surface area contributed by atoms with Gasteiger partial charge in [0.15, 0.2) is 15.6 Å². The number of hydrogen-bond acceptors (Lipinski definition) is 5. The van der Waals surface area contributed by atoms with Crippen molar-refractivity contribution < 1.29 is 23.1 Å². The number of amides is 1. The van der Waals surface area contributed by atoms with Gasteiger partial charge in [-0.1, -0.05) is 35.3 Å². The van der Waals surface area contributed by atoms with Gasteiger partial charge in [-0.05, 0) is 37.6 Å². The Balaban J connectivity index is 1.83. The molecule has 2 heterocycles. The molecule has 8 nitrogen and oxygen atoms in total. The number of aryl methyl sites for hydroxylation is 2. The van der Waals surface area contributed by atoms with E-state index in [1.165, 1.54) is 24.3 Å². The number of carbonyl (C=O) groups is 2. The lowest BCUT2D eigenvalue weighted by Crippen LogP contribution is -2.28. The molecule has 2 N–H and O–H groups in total. The number of nitrogens with zero attached hydrogens (tertiary/aromatic N) is 2. The van der Waals surface area contributed by atoms with E-state index in [4.69, 9.17) is 28.3 Å². The summed E-state index contributed by atoms with van der Waals surface area (Å²) in [5.41, 5.74) is 2.06. The first kappa shape index (κ1) is 23.1. The standard InChI is InChI=1S/C20H19Cl2N3O5S/c1-10(12-4-6-13(7-5-12)31(29,30)9-16(26)27)24-20(28)15-8-14-18(22)17(21)11(2)23-19(14)25(15)3/h4-8,10H,9H2,1-3H3,(H,24,28)(H,26,27). The largest absolute Gasteiger partial charge is 0.480 e. The molecule has 0 spiro atoms. The lowest BCUT2D eigenvalue weighted by Gasteiger charge is -2.15. The molecule has 31 heavy (non-hydrogen) atoms. The van der Waals surface area contributed by atoms with Crippen molar-refractivity contribution in [3.05, 3.63) is 57.3 Å². The summed E-state index contributed by atoms with van der Waals surface area (Å²) in [5.74, 6) is -2.79. The van der Waals surface area contributed by atoms with Crippen molar-refractivity contribution in [2.75, 3.05) is 5.75 Å². The van der Waals surface area contributed by atoms with Crippen molar-refractivity contribution in [3.8, 4) is 0 Å². The molecule has 11 heteroatoms. The third-order valence-electron chi connectivity index (χ3n) is 4.85. The number of benzene rings is 1. The summed E-state index contributed by atoms with van der Waals surface area (Å²) >= 11 is 12.5. The molecule has 2 aromatic heterocycles. The van der Waals surface area contributed by atoms with Gasteiger partial charge < -0.3 is 15.0 Å². The minimum atomic E-state index is -3.92. The van der Waals surface area contributed by atoms with Crippen LogP contribution >= 0.6 is 23.2 Å².